The Balaban J connectivity index is 2.04. The first kappa shape index (κ1) is 20.1. The molecule has 0 unspecified atom stereocenters. The summed E-state index contributed by atoms with van der Waals surface area (Å²) in [6.07, 6.45) is 7.11. The molecule has 2 rings (SSSR count). The number of aromatic nitrogens is 1. The fraction of sp³-hybridized carbons (Fsp3) is 0.500. The van der Waals surface area contributed by atoms with E-state index in [1.54, 1.807) is 18.0 Å². The van der Waals surface area contributed by atoms with Crippen molar-refractivity contribution in [2.75, 3.05) is 24.9 Å². The SMILES string of the molecule is Cc1ccc2ncc(C#N)c(SCCCOS(C)(C)C(C)(C)C)c2c1. The number of aryl methyl sites for hydroxylation is 1. The van der Waals surface area contributed by atoms with Crippen LogP contribution >= 0.6 is 22.1 Å². The number of fused-ring (bicyclic) bond motifs is 1. The average molecular weight is 377 g/mol. The maximum atomic E-state index is 9.42. The fourth-order valence-corrected chi connectivity index (χ4v) is 4.12. The number of rotatable bonds is 6. The van der Waals surface area contributed by atoms with Crippen molar-refractivity contribution in [1.82, 2.24) is 4.98 Å². The monoisotopic (exact) mass is 376 g/mol. The molecule has 0 saturated carbocycles. The smallest absolute Gasteiger partial charge is 0.102 e. The molecule has 136 valence electrons. The second-order valence-corrected chi connectivity index (χ2v) is 12.5. The molecule has 0 aliphatic carbocycles. The molecule has 2 aromatic rings. The van der Waals surface area contributed by atoms with Crippen molar-refractivity contribution >= 4 is 33.0 Å². The molecule has 0 amide bonds. The van der Waals surface area contributed by atoms with Crippen LogP contribution in [0, 0.1) is 18.3 Å². The van der Waals surface area contributed by atoms with Gasteiger partial charge in [-0.15, -0.1) is 22.1 Å². The second-order valence-electron chi connectivity index (χ2n) is 7.50. The number of hydrogen-bond acceptors (Lipinski definition) is 4. The van der Waals surface area contributed by atoms with Gasteiger partial charge >= 0.3 is 0 Å². The van der Waals surface area contributed by atoms with Crippen LogP contribution in [0.1, 0.15) is 38.3 Å². The van der Waals surface area contributed by atoms with E-state index >= 15 is 0 Å². The van der Waals surface area contributed by atoms with E-state index in [4.69, 9.17) is 4.18 Å². The van der Waals surface area contributed by atoms with E-state index in [-0.39, 0.29) is 4.75 Å². The molecule has 0 bridgehead atoms. The zero-order chi connectivity index (χ0) is 18.7. The van der Waals surface area contributed by atoms with Gasteiger partial charge in [0, 0.05) is 27.0 Å². The van der Waals surface area contributed by atoms with Crippen molar-refractivity contribution < 1.29 is 4.18 Å². The van der Waals surface area contributed by atoms with Gasteiger partial charge in [-0.25, -0.2) is 0 Å². The van der Waals surface area contributed by atoms with E-state index < -0.39 is 10.3 Å². The summed E-state index contributed by atoms with van der Waals surface area (Å²) in [6, 6.07) is 8.48. The Labute approximate surface area is 157 Å². The fourth-order valence-electron chi connectivity index (χ4n) is 2.19. The summed E-state index contributed by atoms with van der Waals surface area (Å²) in [7, 11) is -1.07. The van der Waals surface area contributed by atoms with Crippen LogP contribution in [0.4, 0.5) is 0 Å². The number of nitriles is 1. The molecule has 0 atom stereocenters. The minimum absolute atomic E-state index is 0.187. The third-order valence-corrected chi connectivity index (χ3v) is 9.41. The average Bonchev–Trinajstić information content (AvgIpc) is 2.53. The van der Waals surface area contributed by atoms with Gasteiger partial charge in [0.05, 0.1) is 17.7 Å². The standard InChI is InChI=1S/C20H28N2OS2/c1-15-8-9-18-17(12-15)19(16(13-21)14-22-18)24-11-7-10-23-25(5,6)20(2,3)4/h8-9,12,14H,7,10-11H2,1-6H3. The van der Waals surface area contributed by atoms with Gasteiger partial charge in [-0.1, -0.05) is 32.4 Å². The van der Waals surface area contributed by atoms with Crippen molar-refractivity contribution in [3.8, 4) is 6.07 Å². The van der Waals surface area contributed by atoms with Crippen LogP contribution in [0.15, 0.2) is 29.3 Å². The zero-order valence-corrected chi connectivity index (χ0v) is 17.7. The number of benzene rings is 1. The summed E-state index contributed by atoms with van der Waals surface area (Å²) in [5.74, 6) is 0.932. The van der Waals surface area contributed by atoms with Gasteiger partial charge < -0.3 is 4.18 Å². The summed E-state index contributed by atoms with van der Waals surface area (Å²) in [4.78, 5) is 5.44. The van der Waals surface area contributed by atoms with Crippen LogP contribution in [0.2, 0.25) is 0 Å². The highest BCUT2D eigenvalue weighted by molar-refractivity contribution is 8.29. The molecule has 0 fully saturated rings. The molecule has 25 heavy (non-hydrogen) atoms. The Kier molecular flexibility index (Phi) is 6.42. The van der Waals surface area contributed by atoms with Gasteiger partial charge in [-0.05, 0) is 38.0 Å². The predicted octanol–water partition coefficient (Wildman–Crippen LogP) is 5.69. The van der Waals surface area contributed by atoms with Crippen LogP contribution in [-0.2, 0) is 4.18 Å². The summed E-state index contributed by atoms with van der Waals surface area (Å²) in [6.45, 7) is 9.54. The number of hydrogen-bond donors (Lipinski definition) is 0. The highest BCUT2D eigenvalue weighted by atomic mass is 32.3. The van der Waals surface area contributed by atoms with Crippen LogP contribution in [0.3, 0.4) is 0 Å². The molecule has 1 aromatic heterocycles. The lowest BCUT2D eigenvalue weighted by molar-refractivity contribution is 0.350. The normalized spacial score (nSPS) is 13.0. The van der Waals surface area contributed by atoms with E-state index in [0.29, 0.717) is 5.56 Å². The first-order valence-corrected chi connectivity index (χ1v) is 11.8. The minimum atomic E-state index is -1.07. The Morgan fingerprint density at radius 1 is 1.28 bits per heavy atom. The van der Waals surface area contributed by atoms with Crippen molar-refractivity contribution in [2.24, 2.45) is 0 Å². The molecule has 0 spiro atoms. The highest BCUT2D eigenvalue weighted by Gasteiger charge is 2.28. The molecule has 1 heterocycles. The summed E-state index contributed by atoms with van der Waals surface area (Å²) >= 11 is 1.73. The number of nitrogens with zero attached hydrogens (tertiary/aromatic N) is 2. The second kappa shape index (κ2) is 7.99. The Hall–Kier alpha value is -1.22. The molecule has 5 heteroatoms. The molecule has 0 aliphatic rings. The summed E-state index contributed by atoms with van der Waals surface area (Å²) in [5, 5.41) is 10.5. The Morgan fingerprint density at radius 2 is 2.00 bits per heavy atom. The van der Waals surface area contributed by atoms with E-state index in [9.17, 15) is 5.26 Å². The molecule has 0 aliphatic heterocycles. The maximum absolute atomic E-state index is 9.42. The lowest BCUT2D eigenvalue weighted by atomic mass is 10.1. The molecular weight excluding hydrogens is 348 g/mol. The van der Waals surface area contributed by atoms with Gasteiger partial charge in [0.25, 0.3) is 0 Å². The maximum Gasteiger partial charge on any atom is 0.102 e. The van der Waals surface area contributed by atoms with Crippen molar-refractivity contribution in [3.63, 3.8) is 0 Å². The zero-order valence-electron chi connectivity index (χ0n) is 16.0. The van der Waals surface area contributed by atoms with Crippen LogP contribution < -0.4 is 0 Å². The first-order chi connectivity index (χ1) is 11.7. The first-order valence-electron chi connectivity index (χ1n) is 8.45. The van der Waals surface area contributed by atoms with Crippen molar-refractivity contribution in [1.29, 1.82) is 5.26 Å². The minimum Gasteiger partial charge on any atom is -0.337 e. The van der Waals surface area contributed by atoms with Crippen LogP contribution in [0.25, 0.3) is 10.9 Å². The Bertz CT molecular complexity index is 789. The van der Waals surface area contributed by atoms with Gasteiger partial charge in [-0.2, -0.15) is 5.26 Å². The lowest BCUT2D eigenvalue weighted by Crippen LogP contribution is -2.25. The van der Waals surface area contributed by atoms with Crippen LogP contribution in [0.5, 0.6) is 0 Å². The van der Waals surface area contributed by atoms with Gasteiger partial charge in [0.1, 0.15) is 6.07 Å². The number of thioether (sulfide) groups is 1. The Morgan fingerprint density at radius 3 is 2.64 bits per heavy atom. The third-order valence-electron chi connectivity index (χ3n) is 4.48. The van der Waals surface area contributed by atoms with Crippen molar-refractivity contribution in [3.05, 3.63) is 35.5 Å². The molecule has 0 radical (unpaired) electrons. The van der Waals surface area contributed by atoms with Gasteiger partial charge in [-0.3, -0.25) is 4.98 Å². The lowest BCUT2D eigenvalue weighted by Gasteiger charge is -2.43. The topological polar surface area (TPSA) is 45.9 Å². The molecule has 1 aromatic carbocycles. The van der Waals surface area contributed by atoms with E-state index in [0.717, 1.165) is 34.6 Å². The van der Waals surface area contributed by atoms with Crippen molar-refractivity contribution in [2.45, 2.75) is 43.8 Å². The number of pyridine rings is 1. The van der Waals surface area contributed by atoms with Gasteiger partial charge in [0.15, 0.2) is 0 Å². The van der Waals surface area contributed by atoms with E-state index in [1.807, 2.05) is 6.07 Å². The molecular formula is C20H28N2OS2. The molecule has 0 saturated heterocycles. The highest BCUT2D eigenvalue weighted by Crippen LogP contribution is 2.53. The molecule has 0 N–H and O–H groups in total. The quantitative estimate of drug-likeness (QED) is 0.480. The van der Waals surface area contributed by atoms with E-state index in [2.05, 4.69) is 63.4 Å². The summed E-state index contributed by atoms with van der Waals surface area (Å²) in [5.41, 5.74) is 2.79. The summed E-state index contributed by atoms with van der Waals surface area (Å²) < 4.78 is 6.38. The molecule has 3 nitrogen and oxygen atoms in total. The largest absolute Gasteiger partial charge is 0.337 e. The van der Waals surface area contributed by atoms with Crippen LogP contribution in [-0.4, -0.2) is 34.6 Å². The predicted molar refractivity (Wildman–Crippen MR) is 112 cm³/mol. The third kappa shape index (κ3) is 4.91. The van der Waals surface area contributed by atoms with E-state index in [1.165, 1.54) is 5.56 Å². The van der Waals surface area contributed by atoms with Gasteiger partial charge in [0.2, 0.25) is 0 Å².